The van der Waals surface area contributed by atoms with E-state index in [-0.39, 0.29) is 18.3 Å². The highest BCUT2D eigenvalue weighted by Crippen LogP contribution is 2.36. The van der Waals surface area contributed by atoms with E-state index in [9.17, 15) is 9.59 Å². The van der Waals surface area contributed by atoms with Crippen LogP contribution in [0.15, 0.2) is 63.5 Å². The third kappa shape index (κ3) is 6.14. The van der Waals surface area contributed by atoms with Gasteiger partial charge in [-0.15, -0.1) is 0 Å². The molecule has 1 aliphatic heterocycles. The van der Waals surface area contributed by atoms with Gasteiger partial charge in [-0.3, -0.25) is 9.36 Å². The van der Waals surface area contributed by atoms with Crippen molar-refractivity contribution in [3.63, 3.8) is 0 Å². The molecule has 4 rings (SSSR count). The number of carbonyl (C=O) groups excluding carboxylic acids is 1. The highest BCUT2D eigenvalue weighted by atomic mass is 32.1. The maximum absolute atomic E-state index is 14.0. The average Bonchev–Trinajstić information content (AvgIpc) is 3.23. The van der Waals surface area contributed by atoms with Gasteiger partial charge in [0.25, 0.3) is 5.56 Å². The number of allylic oxidation sites excluding steroid dienone is 1. The summed E-state index contributed by atoms with van der Waals surface area (Å²) in [5.41, 5.74) is 2.04. The Balaban J connectivity index is 1.90. The van der Waals surface area contributed by atoms with Crippen molar-refractivity contribution in [1.82, 2.24) is 4.57 Å². The van der Waals surface area contributed by atoms with Crippen LogP contribution < -0.4 is 29.1 Å². The number of carbonyl (C=O) groups is 1. The summed E-state index contributed by atoms with van der Waals surface area (Å²) in [4.78, 5) is 32.4. The van der Waals surface area contributed by atoms with Gasteiger partial charge < -0.3 is 18.9 Å². The standard InChI is InChI=1S/C31H36N2O6S/c1-7-9-16-38-23-13-11-10-12-21(23)18-26-29(34)33-28(22-14-15-24(39-19(3)4)25(17-22)36-6)27(30(35)37-8-2)20(5)32-31(33)40-26/h10-15,17-19,28H,7-9,16H2,1-6H3. The Kier molecular flexibility index (Phi) is 9.47. The Morgan fingerprint density at radius 3 is 2.60 bits per heavy atom. The fourth-order valence-electron chi connectivity index (χ4n) is 4.51. The van der Waals surface area contributed by atoms with Gasteiger partial charge in [0.15, 0.2) is 16.3 Å². The molecule has 40 heavy (non-hydrogen) atoms. The molecule has 0 spiro atoms. The molecule has 8 nitrogen and oxygen atoms in total. The third-order valence-corrected chi connectivity index (χ3v) is 7.33. The number of fused-ring (bicyclic) bond motifs is 1. The van der Waals surface area contributed by atoms with Crippen LogP contribution in [0.3, 0.4) is 0 Å². The summed E-state index contributed by atoms with van der Waals surface area (Å²) < 4.78 is 25.0. The summed E-state index contributed by atoms with van der Waals surface area (Å²) in [6.07, 6.45) is 3.74. The molecule has 2 heterocycles. The molecule has 3 aromatic rings. The number of nitrogens with zero attached hydrogens (tertiary/aromatic N) is 2. The first kappa shape index (κ1) is 29.1. The van der Waals surface area contributed by atoms with Crippen LogP contribution in [0, 0.1) is 0 Å². The zero-order valence-corrected chi connectivity index (χ0v) is 24.7. The molecule has 1 aliphatic rings. The van der Waals surface area contributed by atoms with Gasteiger partial charge >= 0.3 is 5.97 Å². The van der Waals surface area contributed by atoms with E-state index < -0.39 is 12.0 Å². The van der Waals surface area contributed by atoms with Crippen LogP contribution in [-0.2, 0) is 9.53 Å². The first-order chi connectivity index (χ1) is 19.3. The second-order valence-electron chi connectivity index (χ2n) is 9.62. The third-order valence-electron chi connectivity index (χ3n) is 6.34. The van der Waals surface area contributed by atoms with Crippen LogP contribution in [0.5, 0.6) is 17.2 Å². The van der Waals surface area contributed by atoms with E-state index in [1.165, 1.54) is 11.3 Å². The second-order valence-corrected chi connectivity index (χ2v) is 10.6. The molecule has 0 saturated heterocycles. The molecule has 1 unspecified atom stereocenters. The van der Waals surface area contributed by atoms with Crippen LogP contribution in [0.2, 0.25) is 0 Å². The SMILES string of the molecule is CCCCOc1ccccc1C=c1sc2n(c1=O)C(c1ccc(OC(C)C)c(OC)c1)C(C(=O)OCC)=C(C)N=2. The predicted octanol–water partition coefficient (Wildman–Crippen LogP) is 4.77. The summed E-state index contributed by atoms with van der Waals surface area (Å²) in [7, 11) is 1.56. The minimum atomic E-state index is -0.754. The molecule has 212 valence electrons. The Labute approximate surface area is 238 Å². The van der Waals surface area contributed by atoms with Crippen molar-refractivity contribution in [2.75, 3.05) is 20.3 Å². The Morgan fingerprint density at radius 1 is 1.12 bits per heavy atom. The summed E-state index contributed by atoms with van der Waals surface area (Å²) in [5.74, 6) is 1.28. The summed E-state index contributed by atoms with van der Waals surface area (Å²) >= 11 is 1.28. The van der Waals surface area contributed by atoms with Crippen LogP contribution in [0.1, 0.15) is 64.6 Å². The highest BCUT2D eigenvalue weighted by Gasteiger charge is 2.34. The minimum absolute atomic E-state index is 0.0523. The average molecular weight is 565 g/mol. The van der Waals surface area contributed by atoms with Crippen molar-refractivity contribution in [3.05, 3.63) is 84.5 Å². The number of hydrogen-bond donors (Lipinski definition) is 0. The summed E-state index contributed by atoms with van der Waals surface area (Å²) in [5, 5.41) is 0. The Bertz CT molecular complexity index is 1580. The molecule has 9 heteroatoms. The molecular formula is C31H36N2O6S. The molecule has 0 amide bonds. The molecule has 0 aliphatic carbocycles. The molecule has 0 bridgehead atoms. The number of esters is 1. The second kappa shape index (κ2) is 13.0. The molecule has 1 aromatic heterocycles. The van der Waals surface area contributed by atoms with Crippen molar-refractivity contribution in [1.29, 1.82) is 0 Å². The Hall–Kier alpha value is -3.85. The number of unbranched alkanes of at least 4 members (excludes halogenated alkanes) is 1. The lowest BCUT2D eigenvalue weighted by Crippen LogP contribution is -2.40. The van der Waals surface area contributed by atoms with Gasteiger partial charge in [0.05, 0.1) is 48.3 Å². The van der Waals surface area contributed by atoms with Crippen LogP contribution in [-0.4, -0.2) is 37.0 Å². The van der Waals surface area contributed by atoms with Crippen LogP contribution in [0.4, 0.5) is 0 Å². The lowest BCUT2D eigenvalue weighted by molar-refractivity contribution is -0.139. The van der Waals surface area contributed by atoms with Crippen molar-refractivity contribution >= 4 is 23.4 Å². The zero-order valence-electron chi connectivity index (χ0n) is 23.9. The highest BCUT2D eigenvalue weighted by molar-refractivity contribution is 7.07. The summed E-state index contributed by atoms with van der Waals surface area (Å²) in [6.45, 7) is 10.3. The van der Waals surface area contributed by atoms with Gasteiger partial charge in [-0.05, 0) is 64.0 Å². The number of para-hydroxylation sites is 1. The molecule has 0 saturated carbocycles. The molecule has 0 N–H and O–H groups in total. The normalized spacial score (nSPS) is 15.1. The number of rotatable bonds is 11. The fraction of sp³-hybridized carbons (Fsp3) is 0.387. The van der Waals surface area contributed by atoms with Gasteiger partial charge in [-0.25, -0.2) is 9.79 Å². The maximum Gasteiger partial charge on any atom is 0.338 e. The Morgan fingerprint density at radius 2 is 1.90 bits per heavy atom. The number of thiazole rings is 1. The lowest BCUT2D eigenvalue weighted by Gasteiger charge is -2.25. The largest absolute Gasteiger partial charge is 0.493 e. The van der Waals surface area contributed by atoms with E-state index in [0.717, 1.165) is 18.4 Å². The predicted molar refractivity (Wildman–Crippen MR) is 156 cm³/mol. The van der Waals surface area contributed by atoms with E-state index in [1.807, 2.05) is 50.3 Å². The molecule has 0 radical (unpaired) electrons. The van der Waals surface area contributed by atoms with Gasteiger partial charge in [-0.1, -0.05) is 48.9 Å². The minimum Gasteiger partial charge on any atom is -0.493 e. The van der Waals surface area contributed by atoms with Crippen molar-refractivity contribution in [2.45, 2.75) is 59.6 Å². The van der Waals surface area contributed by atoms with Gasteiger partial charge in [0.1, 0.15) is 5.75 Å². The number of ether oxygens (including phenoxy) is 4. The number of benzene rings is 2. The lowest BCUT2D eigenvalue weighted by atomic mass is 9.95. The molecular weight excluding hydrogens is 528 g/mol. The van der Waals surface area contributed by atoms with E-state index in [4.69, 9.17) is 18.9 Å². The number of hydrogen-bond acceptors (Lipinski definition) is 8. The van der Waals surface area contributed by atoms with Crippen molar-refractivity contribution in [3.8, 4) is 17.2 Å². The quantitative estimate of drug-likeness (QED) is 0.246. The molecule has 0 fully saturated rings. The topological polar surface area (TPSA) is 88.3 Å². The van der Waals surface area contributed by atoms with Crippen molar-refractivity contribution < 1.29 is 23.7 Å². The first-order valence-electron chi connectivity index (χ1n) is 13.5. The first-order valence-corrected chi connectivity index (χ1v) is 14.4. The fourth-order valence-corrected chi connectivity index (χ4v) is 5.55. The van der Waals surface area contributed by atoms with Gasteiger partial charge in [0, 0.05) is 5.56 Å². The van der Waals surface area contributed by atoms with E-state index in [1.54, 1.807) is 37.7 Å². The maximum atomic E-state index is 14.0. The van der Waals surface area contributed by atoms with Crippen molar-refractivity contribution in [2.24, 2.45) is 4.99 Å². The van der Waals surface area contributed by atoms with Crippen LogP contribution in [0.25, 0.3) is 6.08 Å². The van der Waals surface area contributed by atoms with Gasteiger partial charge in [0.2, 0.25) is 0 Å². The number of aromatic nitrogens is 1. The van der Waals surface area contributed by atoms with E-state index in [0.29, 0.717) is 50.0 Å². The van der Waals surface area contributed by atoms with Crippen LogP contribution >= 0.6 is 11.3 Å². The number of methoxy groups -OCH3 is 1. The zero-order chi connectivity index (χ0) is 28.8. The monoisotopic (exact) mass is 564 g/mol. The van der Waals surface area contributed by atoms with E-state index >= 15 is 0 Å². The summed E-state index contributed by atoms with van der Waals surface area (Å²) in [6, 6.07) is 12.3. The molecule has 2 aromatic carbocycles. The molecule has 1 atom stereocenters. The van der Waals surface area contributed by atoms with E-state index in [2.05, 4.69) is 11.9 Å². The smallest absolute Gasteiger partial charge is 0.338 e. The van der Waals surface area contributed by atoms with Gasteiger partial charge in [-0.2, -0.15) is 0 Å².